The number of ether oxygens (including phenoxy) is 1. The molecule has 7 heteroatoms. The van der Waals surface area contributed by atoms with E-state index in [9.17, 15) is 0 Å². The molecule has 0 bridgehead atoms. The molecule has 86 valence electrons. The molecular formula is C9H12Cl2N3OZn-. The van der Waals surface area contributed by atoms with Crippen LogP contribution in [0.4, 0.5) is 11.4 Å². The Morgan fingerprint density at radius 1 is 1.25 bits per heavy atom. The Kier molecular flexibility index (Phi) is 12.6. The number of anilines is 1. The van der Waals surface area contributed by atoms with E-state index in [-0.39, 0.29) is 44.3 Å². The van der Waals surface area contributed by atoms with Gasteiger partial charge in [0, 0.05) is 39.6 Å². The van der Waals surface area contributed by atoms with Crippen molar-refractivity contribution in [3.63, 3.8) is 0 Å². The molecular weight excluding hydrogens is 302 g/mol. The fourth-order valence-electron chi connectivity index (χ4n) is 1.09. The minimum absolute atomic E-state index is 0. The summed E-state index contributed by atoms with van der Waals surface area (Å²) in [5.74, 6) is 0.761. The zero-order valence-electron chi connectivity index (χ0n) is 9.44. The van der Waals surface area contributed by atoms with E-state index < -0.39 is 0 Å². The first-order chi connectivity index (χ1) is 6.19. The van der Waals surface area contributed by atoms with Gasteiger partial charge in [-0.15, -0.1) is 0 Å². The van der Waals surface area contributed by atoms with Crippen molar-refractivity contribution in [1.82, 2.24) is 0 Å². The van der Waals surface area contributed by atoms with Crippen molar-refractivity contribution in [3.8, 4) is 5.75 Å². The van der Waals surface area contributed by atoms with Crippen molar-refractivity contribution < 1.29 is 49.0 Å². The Morgan fingerprint density at radius 2 is 1.81 bits per heavy atom. The first kappa shape index (κ1) is 20.8. The van der Waals surface area contributed by atoms with Crippen molar-refractivity contribution >= 4 is 11.4 Å². The summed E-state index contributed by atoms with van der Waals surface area (Å²) in [4.78, 5) is 5.00. The number of benzene rings is 1. The molecule has 0 aliphatic heterocycles. The van der Waals surface area contributed by atoms with Crippen LogP contribution >= 0.6 is 0 Å². The number of halogens is 2. The van der Waals surface area contributed by atoms with Crippen LogP contribution < -0.4 is 34.5 Å². The molecule has 0 atom stereocenters. The van der Waals surface area contributed by atoms with Crippen molar-refractivity contribution in [2.24, 2.45) is 0 Å². The van der Waals surface area contributed by atoms with Crippen LogP contribution in [0.25, 0.3) is 4.98 Å². The maximum absolute atomic E-state index is 8.57. The summed E-state index contributed by atoms with van der Waals surface area (Å²) in [6.45, 7) is 0. The predicted octanol–water partition coefficient (Wildman–Crippen LogP) is -3.75. The molecule has 4 nitrogen and oxygen atoms in total. The average molecular weight is 315 g/mol. The summed E-state index contributed by atoms with van der Waals surface area (Å²) in [7, 11) is 5.41. The number of hydrogen-bond acceptors (Lipinski definition) is 3. The molecule has 16 heavy (non-hydrogen) atoms. The van der Waals surface area contributed by atoms with Gasteiger partial charge in [-0.2, -0.15) is 0 Å². The molecule has 0 aromatic heterocycles. The molecule has 0 N–H and O–H groups in total. The van der Waals surface area contributed by atoms with E-state index in [1.807, 2.05) is 19.0 Å². The monoisotopic (exact) mass is 312 g/mol. The quantitative estimate of drug-likeness (QED) is 0.416. The van der Waals surface area contributed by atoms with Gasteiger partial charge in [-0.1, -0.05) is 0 Å². The molecule has 1 aromatic carbocycles. The molecule has 0 saturated heterocycles. The van der Waals surface area contributed by atoms with Gasteiger partial charge < -0.3 is 34.5 Å². The Bertz CT molecular complexity index is 355. The molecule has 1 aromatic rings. The van der Waals surface area contributed by atoms with Crippen LogP contribution in [0.15, 0.2) is 18.2 Å². The van der Waals surface area contributed by atoms with E-state index in [0.29, 0.717) is 5.69 Å². The van der Waals surface area contributed by atoms with E-state index >= 15 is 0 Å². The predicted molar refractivity (Wildman–Crippen MR) is 52.1 cm³/mol. The maximum Gasteiger partial charge on any atom is 0.387 e. The van der Waals surface area contributed by atoms with Gasteiger partial charge in [0.05, 0.1) is 18.9 Å². The molecule has 0 aliphatic rings. The Labute approximate surface area is 121 Å². The normalized spacial score (nSPS) is 7.38. The van der Waals surface area contributed by atoms with Crippen molar-refractivity contribution in [2.75, 3.05) is 26.1 Å². The first-order valence-corrected chi connectivity index (χ1v) is 3.89. The van der Waals surface area contributed by atoms with Gasteiger partial charge in [0.1, 0.15) is 5.75 Å². The third-order valence-electron chi connectivity index (χ3n) is 1.76. The van der Waals surface area contributed by atoms with Gasteiger partial charge in [-0.05, 0) is 6.07 Å². The number of diazo groups is 1. The molecule has 0 unspecified atom stereocenters. The van der Waals surface area contributed by atoms with Gasteiger partial charge >= 0.3 is 5.69 Å². The third-order valence-corrected chi connectivity index (χ3v) is 1.76. The Balaban J connectivity index is -0.000000563. The Hall–Kier alpha value is -0.557. The molecule has 1 rings (SSSR count). The van der Waals surface area contributed by atoms with Gasteiger partial charge in [-0.3, -0.25) is 0 Å². The summed E-state index contributed by atoms with van der Waals surface area (Å²) in [6.07, 6.45) is 0. The van der Waals surface area contributed by atoms with Crippen molar-refractivity contribution in [3.05, 3.63) is 23.2 Å². The summed E-state index contributed by atoms with van der Waals surface area (Å²) in [5, 5.41) is 8.57. The summed E-state index contributed by atoms with van der Waals surface area (Å²) in [5.41, 5.74) is 1.40. The van der Waals surface area contributed by atoms with Crippen molar-refractivity contribution in [2.45, 2.75) is 0 Å². The molecule has 0 fully saturated rings. The Morgan fingerprint density at radius 3 is 2.19 bits per heavy atom. The van der Waals surface area contributed by atoms with Crippen molar-refractivity contribution in [1.29, 1.82) is 5.39 Å². The summed E-state index contributed by atoms with van der Waals surface area (Å²) in [6, 6.07) is 5.20. The van der Waals surface area contributed by atoms with E-state index in [1.54, 1.807) is 25.3 Å². The largest absolute Gasteiger partial charge is 1.00 e. The second-order valence-electron chi connectivity index (χ2n) is 2.85. The fourth-order valence-corrected chi connectivity index (χ4v) is 1.09. The smallest absolute Gasteiger partial charge is 0.387 e. The van der Waals surface area contributed by atoms with Crippen LogP contribution in [-0.4, -0.2) is 21.2 Å². The number of hydrogen-bond donors (Lipinski definition) is 0. The van der Waals surface area contributed by atoms with Crippen LogP contribution in [0, 0.1) is 5.39 Å². The molecule has 0 heterocycles. The second kappa shape index (κ2) is 9.65. The van der Waals surface area contributed by atoms with E-state index in [0.717, 1.165) is 11.4 Å². The minimum atomic E-state index is 0. The third kappa shape index (κ3) is 4.98. The average Bonchev–Trinajstić information content (AvgIpc) is 2.16. The van der Waals surface area contributed by atoms with Gasteiger partial charge in [0.15, 0.2) is 4.98 Å². The van der Waals surface area contributed by atoms with Crippen LogP contribution in [0.5, 0.6) is 5.75 Å². The SMILES string of the molecule is COc1ccc([N+]#N)cc1N(C)C.[Cl-].[Cl-].[Zn]. The van der Waals surface area contributed by atoms with Gasteiger partial charge in [-0.25, -0.2) is 0 Å². The van der Waals surface area contributed by atoms with Gasteiger partial charge in [0.25, 0.3) is 0 Å². The number of nitrogens with zero attached hydrogens (tertiary/aromatic N) is 3. The van der Waals surface area contributed by atoms with E-state index in [2.05, 4.69) is 4.98 Å². The summed E-state index contributed by atoms with van der Waals surface area (Å²) >= 11 is 0. The topological polar surface area (TPSA) is 40.6 Å². The van der Waals surface area contributed by atoms with Gasteiger partial charge in [0.2, 0.25) is 5.39 Å². The van der Waals surface area contributed by atoms with Crippen LogP contribution in [0.2, 0.25) is 0 Å². The zero-order valence-corrected chi connectivity index (χ0v) is 13.9. The summed E-state index contributed by atoms with van der Waals surface area (Å²) < 4.78 is 5.14. The molecule has 0 amide bonds. The number of methoxy groups -OCH3 is 1. The van der Waals surface area contributed by atoms with Crippen LogP contribution in [0.1, 0.15) is 0 Å². The molecule has 0 aliphatic carbocycles. The zero-order chi connectivity index (χ0) is 9.84. The van der Waals surface area contributed by atoms with E-state index in [4.69, 9.17) is 10.1 Å². The molecule has 0 radical (unpaired) electrons. The molecule has 0 spiro atoms. The molecule has 0 saturated carbocycles. The minimum Gasteiger partial charge on any atom is -1.00 e. The first-order valence-electron chi connectivity index (χ1n) is 3.89. The van der Waals surface area contributed by atoms with Crippen LogP contribution in [0.3, 0.4) is 0 Å². The fraction of sp³-hybridized carbons (Fsp3) is 0.333. The second-order valence-corrected chi connectivity index (χ2v) is 2.85. The van der Waals surface area contributed by atoms with Crippen LogP contribution in [-0.2, 0) is 19.5 Å². The standard InChI is InChI=1S/C9H12N3O.2ClH.Zn/c1-12(2)8-6-7(11-10)4-5-9(8)13-3;;;/h4-6H,1-3H3;2*1H;/q+1;;;/p-2. The van der Waals surface area contributed by atoms with E-state index in [1.165, 1.54) is 0 Å². The maximum atomic E-state index is 8.57. The number of rotatable bonds is 2.